The molecule has 1 saturated carbocycles. The van der Waals surface area contributed by atoms with Gasteiger partial charge in [-0.1, -0.05) is 19.8 Å². The van der Waals surface area contributed by atoms with Crippen molar-refractivity contribution in [3.05, 3.63) is 17.5 Å². The van der Waals surface area contributed by atoms with Gasteiger partial charge in [0, 0.05) is 25.2 Å². The number of nitrogens with zero attached hydrogens (tertiary/aromatic N) is 2. The Morgan fingerprint density at radius 1 is 1.38 bits per heavy atom. The smallest absolute Gasteiger partial charge is 0.221 e. The van der Waals surface area contributed by atoms with Crippen molar-refractivity contribution in [1.82, 2.24) is 15.1 Å². The third-order valence-electron chi connectivity index (χ3n) is 4.66. The lowest BCUT2D eigenvalue weighted by molar-refractivity contribution is -0.120. The second-order valence-electron chi connectivity index (χ2n) is 7.04. The van der Waals surface area contributed by atoms with E-state index in [4.69, 9.17) is 0 Å². The number of nitrogens with one attached hydrogen (secondary N) is 1. The molecule has 0 aliphatic heterocycles. The molecule has 2 rings (SSSR count). The van der Waals surface area contributed by atoms with E-state index in [0.717, 1.165) is 43.6 Å². The number of aryl methyl sites for hydroxylation is 2. The van der Waals surface area contributed by atoms with Gasteiger partial charge in [-0.2, -0.15) is 5.10 Å². The molecule has 1 aromatic rings. The number of hydrogen-bond acceptors (Lipinski definition) is 4. The molecule has 0 saturated heterocycles. The highest BCUT2D eigenvalue weighted by atomic mass is 32.2. The van der Waals surface area contributed by atoms with Crippen LogP contribution in [0.25, 0.3) is 0 Å². The number of rotatable bonds is 8. The molecule has 1 unspecified atom stereocenters. The summed E-state index contributed by atoms with van der Waals surface area (Å²) in [5.74, 6) is 0.0187. The third kappa shape index (κ3) is 5.33. The highest BCUT2D eigenvalue weighted by Gasteiger charge is 2.28. The van der Waals surface area contributed by atoms with Crippen molar-refractivity contribution >= 4 is 15.7 Å². The number of hydrogen-bond donors (Lipinski definition) is 1. The van der Waals surface area contributed by atoms with E-state index < -0.39 is 9.84 Å². The molecule has 1 N–H and O–H groups in total. The molecule has 0 bridgehead atoms. The molecule has 1 atom stereocenters. The van der Waals surface area contributed by atoms with Crippen LogP contribution in [0.3, 0.4) is 0 Å². The molecule has 24 heavy (non-hydrogen) atoms. The summed E-state index contributed by atoms with van der Waals surface area (Å²) in [5.41, 5.74) is 2.09. The average molecular weight is 356 g/mol. The van der Waals surface area contributed by atoms with Gasteiger partial charge in [-0.25, -0.2) is 8.42 Å². The number of sulfone groups is 1. The molecule has 0 spiro atoms. The van der Waals surface area contributed by atoms with Gasteiger partial charge in [0.25, 0.3) is 0 Å². The minimum absolute atomic E-state index is 0.0324. The summed E-state index contributed by atoms with van der Waals surface area (Å²) in [6, 6.07) is 2.03. The van der Waals surface area contributed by atoms with Gasteiger partial charge in [0.2, 0.25) is 5.91 Å². The van der Waals surface area contributed by atoms with Crippen LogP contribution in [0.15, 0.2) is 6.07 Å². The van der Waals surface area contributed by atoms with E-state index in [1.165, 1.54) is 0 Å². The van der Waals surface area contributed by atoms with E-state index in [0.29, 0.717) is 6.54 Å². The molecule has 0 aromatic carbocycles. The van der Waals surface area contributed by atoms with Crippen molar-refractivity contribution in [2.75, 3.05) is 12.3 Å². The van der Waals surface area contributed by atoms with Gasteiger partial charge < -0.3 is 5.32 Å². The molecule has 1 aliphatic carbocycles. The number of aromatic nitrogens is 2. The minimum Gasteiger partial charge on any atom is -0.356 e. The second-order valence-corrected chi connectivity index (χ2v) is 9.44. The van der Waals surface area contributed by atoms with Crippen LogP contribution < -0.4 is 5.32 Å². The Morgan fingerprint density at radius 2 is 2.04 bits per heavy atom. The summed E-state index contributed by atoms with van der Waals surface area (Å²) in [6.45, 7) is 7.28. The van der Waals surface area contributed by atoms with Crippen molar-refractivity contribution in [1.29, 1.82) is 0 Å². The van der Waals surface area contributed by atoms with Crippen LogP contribution in [0, 0.1) is 19.8 Å². The van der Waals surface area contributed by atoms with Crippen LogP contribution in [-0.2, 0) is 21.2 Å². The highest BCUT2D eigenvalue weighted by Crippen LogP contribution is 2.25. The van der Waals surface area contributed by atoms with Crippen LogP contribution in [0.2, 0.25) is 0 Å². The first-order chi connectivity index (χ1) is 11.3. The average Bonchev–Trinajstić information content (AvgIpc) is 3.14. The summed E-state index contributed by atoms with van der Waals surface area (Å²) in [6.07, 6.45) is 3.54. The zero-order valence-corrected chi connectivity index (χ0v) is 15.7. The summed E-state index contributed by atoms with van der Waals surface area (Å²) in [5, 5.41) is 7.04. The van der Waals surface area contributed by atoms with Crippen molar-refractivity contribution in [3.8, 4) is 0 Å². The van der Waals surface area contributed by atoms with Crippen LogP contribution in [-0.4, -0.2) is 41.7 Å². The van der Waals surface area contributed by atoms with E-state index in [2.05, 4.69) is 10.4 Å². The van der Waals surface area contributed by atoms with Crippen molar-refractivity contribution < 1.29 is 13.2 Å². The highest BCUT2D eigenvalue weighted by molar-refractivity contribution is 7.92. The van der Waals surface area contributed by atoms with Crippen molar-refractivity contribution in [3.63, 3.8) is 0 Å². The first-order valence-electron chi connectivity index (χ1n) is 8.77. The summed E-state index contributed by atoms with van der Waals surface area (Å²) in [4.78, 5) is 11.9. The van der Waals surface area contributed by atoms with Crippen molar-refractivity contribution in [2.24, 2.45) is 5.92 Å². The number of carbonyl (C=O) groups is 1. The van der Waals surface area contributed by atoms with Gasteiger partial charge in [0.15, 0.2) is 9.84 Å². The number of carbonyl (C=O) groups excluding carboxylic acids is 1. The Kier molecular flexibility index (Phi) is 6.43. The second kappa shape index (κ2) is 8.14. The Morgan fingerprint density at radius 3 is 2.62 bits per heavy atom. The first kappa shape index (κ1) is 19.0. The van der Waals surface area contributed by atoms with Gasteiger partial charge in [-0.05, 0) is 38.7 Å². The van der Waals surface area contributed by atoms with Crippen LogP contribution in [0.4, 0.5) is 0 Å². The first-order valence-corrected chi connectivity index (χ1v) is 10.5. The van der Waals surface area contributed by atoms with E-state index in [1.54, 1.807) is 0 Å². The zero-order chi connectivity index (χ0) is 17.7. The molecule has 1 aromatic heterocycles. The monoisotopic (exact) mass is 355 g/mol. The van der Waals surface area contributed by atoms with E-state index in [-0.39, 0.29) is 29.2 Å². The van der Waals surface area contributed by atoms with E-state index in [9.17, 15) is 13.2 Å². The molecule has 1 aliphatic rings. The molecule has 1 amide bonds. The Labute approximate surface area is 144 Å². The van der Waals surface area contributed by atoms with Gasteiger partial charge in [-0.3, -0.25) is 9.48 Å². The fourth-order valence-electron chi connectivity index (χ4n) is 3.25. The lowest BCUT2D eigenvalue weighted by Crippen LogP contribution is -2.32. The topological polar surface area (TPSA) is 81.1 Å². The molecule has 0 radical (unpaired) electrons. The van der Waals surface area contributed by atoms with E-state index in [1.807, 2.05) is 31.5 Å². The maximum atomic E-state index is 12.2. The predicted octanol–water partition coefficient (Wildman–Crippen LogP) is 2.00. The van der Waals surface area contributed by atoms with Gasteiger partial charge in [0.05, 0.1) is 16.7 Å². The maximum Gasteiger partial charge on any atom is 0.221 e. The lowest BCUT2D eigenvalue weighted by Gasteiger charge is -2.15. The van der Waals surface area contributed by atoms with Crippen LogP contribution in [0.5, 0.6) is 0 Å². The van der Waals surface area contributed by atoms with Gasteiger partial charge in [0.1, 0.15) is 0 Å². The SMILES string of the molecule is Cc1cc(C)n(CC(C)CNC(=O)CCS(=O)(=O)C2CCCC2)n1. The van der Waals surface area contributed by atoms with Crippen LogP contribution in [0.1, 0.15) is 50.4 Å². The summed E-state index contributed by atoms with van der Waals surface area (Å²) < 4.78 is 26.3. The fraction of sp³-hybridized carbons (Fsp3) is 0.765. The molecule has 7 heteroatoms. The normalized spacial score (nSPS) is 17.1. The van der Waals surface area contributed by atoms with Gasteiger partial charge >= 0.3 is 0 Å². The van der Waals surface area contributed by atoms with E-state index >= 15 is 0 Å². The third-order valence-corrected chi connectivity index (χ3v) is 6.92. The molecular formula is C17H29N3O3S. The van der Waals surface area contributed by atoms with Gasteiger partial charge in [-0.15, -0.1) is 0 Å². The predicted molar refractivity (Wildman–Crippen MR) is 94.5 cm³/mol. The quantitative estimate of drug-likeness (QED) is 0.773. The Hall–Kier alpha value is -1.37. The molecule has 1 heterocycles. The standard InChI is InChI=1S/C17H29N3O3S/c1-13(12-20-15(3)10-14(2)19-20)11-18-17(21)8-9-24(22,23)16-6-4-5-7-16/h10,13,16H,4-9,11-12H2,1-3H3,(H,18,21). The summed E-state index contributed by atoms with van der Waals surface area (Å²) in [7, 11) is -3.12. The molecule has 1 fully saturated rings. The zero-order valence-electron chi connectivity index (χ0n) is 14.9. The Bertz CT molecular complexity index is 661. The van der Waals surface area contributed by atoms with Crippen molar-refractivity contribution in [2.45, 2.75) is 64.7 Å². The maximum absolute atomic E-state index is 12.2. The van der Waals surface area contributed by atoms with Crippen LogP contribution >= 0.6 is 0 Å². The molecular weight excluding hydrogens is 326 g/mol. The number of amides is 1. The fourth-order valence-corrected chi connectivity index (χ4v) is 5.10. The molecule has 136 valence electrons. The Balaban J connectivity index is 1.71. The summed E-state index contributed by atoms with van der Waals surface area (Å²) >= 11 is 0. The lowest BCUT2D eigenvalue weighted by atomic mass is 10.2. The largest absolute Gasteiger partial charge is 0.356 e. The minimum atomic E-state index is -3.12. The molecule has 6 nitrogen and oxygen atoms in total.